The van der Waals surface area contributed by atoms with E-state index in [9.17, 15) is 0 Å². The SMILES string of the molecule is CNCC1CCCN(Cc2ccc(Cl)cc2)C1. The molecule has 0 amide bonds. The Labute approximate surface area is 109 Å². The number of nitrogens with zero attached hydrogens (tertiary/aromatic N) is 1. The van der Waals surface area contributed by atoms with Crippen LogP contribution in [-0.2, 0) is 6.54 Å². The molecule has 0 bridgehead atoms. The van der Waals surface area contributed by atoms with Crippen molar-refractivity contribution >= 4 is 11.6 Å². The summed E-state index contributed by atoms with van der Waals surface area (Å²) in [4.78, 5) is 2.55. The summed E-state index contributed by atoms with van der Waals surface area (Å²) < 4.78 is 0. The maximum atomic E-state index is 5.90. The van der Waals surface area contributed by atoms with Crippen LogP contribution in [0.4, 0.5) is 0 Å². The molecule has 0 spiro atoms. The fourth-order valence-electron chi connectivity index (χ4n) is 2.60. The predicted octanol–water partition coefficient (Wildman–Crippen LogP) is 2.77. The molecule has 3 heteroatoms. The van der Waals surface area contributed by atoms with Gasteiger partial charge in [0.05, 0.1) is 0 Å². The van der Waals surface area contributed by atoms with E-state index >= 15 is 0 Å². The van der Waals surface area contributed by atoms with E-state index in [1.54, 1.807) is 0 Å². The van der Waals surface area contributed by atoms with Gasteiger partial charge in [0.15, 0.2) is 0 Å². The Bertz CT molecular complexity index is 335. The summed E-state index contributed by atoms with van der Waals surface area (Å²) in [6, 6.07) is 8.21. The van der Waals surface area contributed by atoms with Crippen molar-refractivity contribution in [3.8, 4) is 0 Å². The Hall–Kier alpha value is -0.570. The fourth-order valence-corrected chi connectivity index (χ4v) is 2.72. The topological polar surface area (TPSA) is 15.3 Å². The molecule has 1 heterocycles. The Morgan fingerprint density at radius 1 is 1.35 bits per heavy atom. The summed E-state index contributed by atoms with van der Waals surface area (Å²) in [5, 5.41) is 4.11. The standard InChI is InChI=1S/C14H21ClN2/c1-16-9-13-3-2-8-17(11-13)10-12-4-6-14(15)7-5-12/h4-7,13,16H,2-3,8-11H2,1H3. The van der Waals surface area contributed by atoms with Gasteiger partial charge in [0, 0.05) is 18.1 Å². The van der Waals surface area contributed by atoms with E-state index in [2.05, 4.69) is 22.3 Å². The molecule has 17 heavy (non-hydrogen) atoms. The Morgan fingerprint density at radius 3 is 2.82 bits per heavy atom. The lowest BCUT2D eigenvalue weighted by Crippen LogP contribution is -2.38. The van der Waals surface area contributed by atoms with Crippen molar-refractivity contribution in [3.63, 3.8) is 0 Å². The van der Waals surface area contributed by atoms with Gasteiger partial charge >= 0.3 is 0 Å². The van der Waals surface area contributed by atoms with Gasteiger partial charge in [-0.15, -0.1) is 0 Å². The van der Waals surface area contributed by atoms with Crippen molar-refractivity contribution in [2.45, 2.75) is 19.4 Å². The quantitative estimate of drug-likeness (QED) is 0.887. The van der Waals surface area contributed by atoms with E-state index in [1.807, 2.05) is 19.2 Å². The van der Waals surface area contributed by atoms with E-state index in [0.29, 0.717) is 0 Å². The predicted molar refractivity (Wildman–Crippen MR) is 73.4 cm³/mol. The highest BCUT2D eigenvalue weighted by Crippen LogP contribution is 2.18. The minimum absolute atomic E-state index is 0.807. The molecule has 0 saturated carbocycles. The van der Waals surface area contributed by atoms with Gasteiger partial charge in [-0.3, -0.25) is 4.90 Å². The van der Waals surface area contributed by atoms with Gasteiger partial charge in [0.1, 0.15) is 0 Å². The van der Waals surface area contributed by atoms with Crippen LogP contribution in [0.25, 0.3) is 0 Å². The third-order valence-corrected chi connectivity index (χ3v) is 3.67. The Morgan fingerprint density at radius 2 is 2.12 bits per heavy atom. The molecule has 94 valence electrons. The fraction of sp³-hybridized carbons (Fsp3) is 0.571. The lowest BCUT2D eigenvalue weighted by molar-refractivity contribution is 0.167. The Balaban J connectivity index is 1.87. The van der Waals surface area contributed by atoms with Crippen LogP contribution in [0.1, 0.15) is 18.4 Å². The third kappa shape index (κ3) is 3.98. The average molecular weight is 253 g/mol. The molecular formula is C14H21ClN2. The number of likely N-dealkylation sites (tertiary alicyclic amines) is 1. The number of hydrogen-bond donors (Lipinski definition) is 1. The second-order valence-electron chi connectivity index (χ2n) is 4.93. The maximum Gasteiger partial charge on any atom is 0.0406 e. The van der Waals surface area contributed by atoms with Crippen LogP contribution in [0.2, 0.25) is 5.02 Å². The lowest BCUT2D eigenvalue weighted by atomic mass is 9.97. The first-order valence-electron chi connectivity index (χ1n) is 6.39. The molecule has 0 aliphatic carbocycles. The molecule has 0 aromatic heterocycles. The van der Waals surface area contributed by atoms with Crippen molar-refractivity contribution < 1.29 is 0 Å². The van der Waals surface area contributed by atoms with Crippen molar-refractivity contribution in [3.05, 3.63) is 34.9 Å². The van der Waals surface area contributed by atoms with Crippen LogP contribution in [0.15, 0.2) is 24.3 Å². The second kappa shape index (κ2) is 6.39. The zero-order valence-corrected chi connectivity index (χ0v) is 11.2. The van der Waals surface area contributed by atoms with Gasteiger partial charge < -0.3 is 5.32 Å². The second-order valence-corrected chi connectivity index (χ2v) is 5.36. The van der Waals surface area contributed by atoms with E-state index in [4.69, 9.17) is 11.6 Å². The zero-order chi connectivity index (χ0) is 12.1. The molecule has 1 fully saturated rings. The summed E-state index contributed by atoms with van der Waals surface area (Å²) in [6.45, 7) is 4.63. The van der Waals surface area contributed by atoms with Gasteiger partial charge in [-0.2, -0.15) is 0 Å². The number of rotatable bonds is 4. The van der Waals surface area contributed by atoms with Crippen molar-refractivity contribution in [1.82, 2.24) is 10.2 Å². The summed E-state index contributed by atoms with van der Waals surface area (Å²) in [7, 11) is 2.04. The number of piperidine rings is 1. The first kappa shape index (κ1) is 12.9. The van der Waals surface area contributed by atoms with Gasteiger partial charge in [0.2, 0.25) is 0 Å². The first-order valence-corrected chi connectivity index (χ1v) is 6.77. The van der Waals surface area contributed by atoms with Gasteiger partial charge in [-0.25, -0.2) is 0 Å². The van der Waals surface area contributed by atoms with Crippen LogP contribution in [0.3, 0.4) is 0 Å². The van der Waals surface area contributed by atoms with Gasteiger partial charge in [-0.05, 0) is 56.6 Å². The molecule has 1 aromatic rings. The molecule has 1 saturated heterocycles. The third-order valence-electron chi connectivity index (χ3n) is 3.42. The number of benzene rings is 1. The minimum atomic E-state index is 0.807. The maximum absolute atomic E-state index is 5.90. The molecule has 2 nitrogen and oxygen atoms in total. The largest absolute Gasteiger partial charge is 0.319 e. The monoisotopic (exact) mass is 252 g/mol. The Kier molecular flexibility index (Phi) is 4.84. The molecule has 1 aliphatic heterocycles. The van der Waals surface area contributed by atoms with Crippen LogP contribution in [0.5, 0.6) is 0 Å². The van der Waals surface area contributed by atoms with Crippen LogP contribution < -0.4 is 5.32 Å². The normalized spacial score (nSPS) is 21.6. The van der Waals surface area contributed by atoms with Gasteiger partial charge in [-0.1, -0.05) is 23.7 Å². The molecule has 2 rings (SSSR count). The van der Waals surface area contributed by atoms with Crippen molar-refractivity contribution in [2.75, 3.05) is 26.7 Å². The van der Waals surface area contributed by atoms with Crippen molar-refractivity contribution in [1.29, 1.82) is 0 Å². The minimum Gasteiger partial charge on any atom is -0.319 e. The average Bonchev–Trinajstić information content (AvgIpc) is 2.33. The van der Waals surface area contributed by atoms with E-state index < -0.39 is 0 Å². The number of halogens is 1. The van der Waals surface area contributed by atoms with Crippen LogP contribution in [-0.4, -0.2) is 31.6 Å². The van der Waals surface area contributed by atoms with Crippen LogP contribution in [0, 0.1) is 5.92 Å². The molecular weight excluding hydrogens is 232 g/mol. The highest BCUT2D eigenvalue weighted by atomic mass is 35.5. The van der Waals surface area contributed by atoms with Crippen molar-refractivity contribution in [2.24, 2.45) is 5.92 Å². The van der Waals surface area contributed by atoms with Crippen LogP contribution >= 0.6 is 11.6 Å². The molecule has 1 aliphatic rings. The number of hydrogen-bond acceptors (Lipinski definition) is 2. The number of nitrogens with one attached hydrogen (secondary N) is 1. The van der Waals surface area contributed by atoms with Gasteiger partial charge in [0.25, 0.3) is 0 Å². The zero-order valence-electron chi connectivity index (χ0n) is 10.5. The highest BCUT2D eigenvalue weighted by molar-refractivity contribution is 6.30. The summed E-state index contributed by atoms with van der Waals surface area (Å²) >= 11 is 5.90. The van der Waals surface area contributed by atoms with E-state index in [-0.39, 0.29) is 0 Å². The summed E-state index contributed by atoms with van der Waals surface area (Å²) in [5.74, 6) is 0.807. The van der Waals surface area contributed by atoms with E-state index in [0.717, 1.165) is 24.0 Å². The molecule has 1 atom stereocenters. The smallest absolute Gasteiger partial charge is 0.0406 e. The molecule has 1 aromatic carbocycles. The molecule has 1 N–H and O–H groups in total. The molecule has 0 radical (unpaired) electrons. The summed E-state index contributed by atoms with van der Waals surface area (Å²) in [5.41, 5.74) is 1.36. The lowest BCUT2D eigenvalue weighted by Gasteiger charge is -2.32. The van der Waals surface area contributed by atoms with E-state index in [1.165, 1.54) is 31.5 Å². The molecule has 1 unspecified atom stereocenters. The first-order chi connectivity index (χ1) is 8.28. The highest BCUT2D eigenvalue weighted by Gasteiger charge is 2.18. The summed E-state index contributed by atoms with van der Waals surface area (Å²) in [6.07, 6.45) is 2.68.